The maximum absolute atomic E-state index is 10.4. The van der Waals surface area contributed by atoms with Gasteiger partial charge in [-0.1, -0.05) is 41.5 Å². The summed E-state index contributed by atoms with van der Waals surface area (Å²) in [7, 11) is 0. The molecule has 2 N–H and O–H groups in total. The fourth-order valence-electron chi connectivity index (χ4n) is 5.45. The van der Waals surface area contributed by atoms with Crippen LogP contribution in [0.4, 0.5) is 0 Å². The highest BCUT2D eigenvalue weighted by Gasteiger charge is 2.61. The monoisotopic (exact) mass is 339 g/mol. The highest BCUT2D eigenvalue weighted by Crippen LogP contribution is 2.66. The van der Waals surface area contributed by atoms with Gasteiger partial charge in [-0.25, -0.2) is 0 Å². The van der Waals surface area contributed by atoms with Gasteiger partial charge in [0.15, 0.2) is 0 Å². The van der Waals surface area contributed by atoms with Gasteiger partial charge in [-0.3, -0.25) is 0 Å². The van der Waals surface area contributed by atoms with Gasteiger partial charge in [0.1, 0.15) is 0 Å². The van der Waals surface area contributed by atoms with Crippen molar-refractivity contribution in [1.29, 1.82) is 0 Å². The Bertz CT molecular complexity index is 438. The molecule has 24 heavy (non-hydrogen) atoms. The largest absolute Gasteiger partial charge is 0.389 e. The summed E-state index contributed by atoms with van der Waals surface area (Å²) in [6.07, 6.45) is 4.72. The molecule has 3 nitrogen and oxygen atoms in total. The Morgan fingerprint density at radius 3 is 2.25 bits per heavy atom. The van der Waals surface area contributed by atoms with E-state index < -0.39 is 6.10 Å². The van der Waals surface area contributed by atoms with Crippen molar-refractivity contribution in [2.75, 3.05) is 13.2 Å². The van der Waals surface area contributed by atoms with Crippen LogP contribution >= 0.6 is 0 Å². The number of nitrogens with one attached hydrogen (secondary N) is 1. The van der Waals surface area contributed by atoms with E-state index in [-0.39, 0.29) is 16.4 Å². The second-order valence-electron chi connectivity index (χ2n) is 11.1. The van der Waals surface area contributed by atoms with E-state index in [0.29, 0.717) is 24.7 Å². The number of fused-ring (bicyclic) bond motifs is 2. The summed E-state index contributed by atoms with van der Waals surface area (Å²) in [5.41, 5.74) is 0.951. The summed E-state index contributed by atoms with van der Waals surface area (Å²) in [6.45, 7) is 19.4. The first kappa shape index (κ1) is 20.2. The van der Waals surface area contributed by atoms with E-state index >= 15 is 0 Å². The van der Waals surface area contributed by atoms with Crippen LogP contribution in [0.5, 0.6) is 0 Å². The predicted octanol–water partition coefficient (Wildman–Crippen LogP) is 4.38. The van der Waals surface area contributed by atoms with Gasteiger partial charge in [0.2, 0.25) is 0 Å². The van der Waals surface area contributed by atoms with E-state index in [0.717, 1.165) is 12.3 Å². The van der Waals surface area contributed by atoms with Gasteiger partial charge >= 0.3 is 0 Å². The van der Waals surface area contributed by atoms with Gasteiger partial charge in [0.05, 0.1) is 18.8 Å². The number of aliphatic hydroxyl groups excluding tert-OH is 1. The van der Waals surface area contributed by atoms with E-state index in [4.69, 9.17) is 4.74 Å². The quantitative estimate of drug-likeness (QED) is 0.723. The molecule has 4 atom stereocenters. The van der Waals surface area contributed by atoms with Gasteiger partial charge in [-0.05, 0) is 61.7 Å². The van der Waals surface area contributed by atoms with Gasteiger partial charge in [-0.15, -0.1) is 0 Å². The van der Waals surface area contributed by atoms with Gasteiger partial charge in [-0.2, -0.15) is 0 Å². The molecule has 0 heterocycles. The summed E-state index contributed by atoms with van der Waals surface area (Å²) in [6, 6.07) is 0. The second kappa shape index (κ2) is 6.55. The first-order chi connectivity index (χ1) is 10.8. The van der Waals surface area contributed by atoms with Crippen molar-refractivity contribution >= 4 is 0 Å². The average molecular weight is 340 g/mol. The summed E-state index contributed by atoms with van der Waals surface area (Å²) < 4.78 is 6.21. The molecule has 2 fully saturated rings. The smallest absolute Gasteiger partial charge is 0.0898 e. The molecule has 0 saturated heterocycles. The third kappa shape index (κ3) is 4.16. The number of β-amino-alcohol motifs (C(OH)–C–C–N with tert-alkyl or cyclic N) is 1. The van der Waals surface area contributed by atoms with Crippen molar-refractivity contribution in [3.05, 3.63) is 0 Å². The van der Waals surface area contributed by atoms with Crippen LogP contribution < -0.4 is 5.32 Å². The molecule has 0 amide bonds. The van der Waals surface area contributed by atoms with Gasteiger partial charge in [0, 0.05) is 12.1 Å². The van der Waals surface area contributed by atoms with E-state index in [1.165, 1.54) is 19.3 Å². The molecule has 2 rings (SSSR count). The lowest BCUT2D eigenvalue weighted by Crippen LogP contribution is -2.47. The number of ether oxygens (including phenoxy) is 1. The lowest BCUT2D eigenvalue weighted by molar-refractivity contribution is -0.0750. The molecule has 0 unspecified atom stereocenters. The fourth-order valence-corrected chi connectivity index (χ4v) is 5.45. The Kier molecular flexibility index (Phi) is 5.52. The van der Waals surface area contributed by atoms with Crippen LogP contribution in [0.1, 0.15) is 81.1 Å². The van der Waals surface area contributed by atoms with E-state index in [1.54, 1.807) is 0 Å². The molecule has 0 spiro atoms. The molecule has 142 valence electrons. The predicted molar refractivity (Wildman–Crippen MR) is 101 cm³/mol. The summed E-state index contributed by atoms with van der Waals surface area (Å²) in [5, 5.41) is 13.9. The minimum Gasteiger partial charge on any atom is -0.389 e. The number of aliphatic hydroxyl groups is 1. The van der Waals surface area contributed by atoms with Crippen LogP contribution in [0.25, 0.3) is 0 Å². The molecule has 3 heteroatoms. The van der Waals surface area contributed by atoms with Crippen LogP contribution in [0.15, 0.2) is 0 Å². The Balaban J connectivity index is 1.78. The molecule has 0 aromatic rings. The van der Waals surface area contributed by atoms with Crippen LogP contribution in [0, 0.1) is 22.2 Å². The Labute approximate surface area is 149 Å². The standard InChI is InChI=1S/C21H41NO2/c1-18(2,3)14-19(4,5)22-12-16(23)13-24-17-11-15-9-10-21(17,8)20(15,6)7/h15-17,22-23H,9-14H2,1-8H3/t15-,16+,17+,21+/m0/s1. The third-order valence-electron chi connectivity index (χ3n) is 6.99. The Hall–Kier alpha value is -0.120. The Morgan fingerprint density at radius 2 is 1.79 bits per heavy atom. The molecular weight excluding hydrogens is 298 g/mol. The molecule has 2 aliphatic carbocycles. The maximum Gasteiger partial charge on any atom is 0.0898 e. The van der Waals surface area contributed by atoms with Crippen LogP contribution in [0.3, 0.4) is 0 Å². The zero-order valence-corrected chi connectivity index (χ0v) is 17.3. The third-order valence-corrected chi connectivity index (χ3v) is 6.99. The van der Waals surface area contributed by atoms with Gasteiger partial charge < -0.3 is 15.2 Å². The molecule has 2 aliphatic rings. The van der Waals surface area contributed by atoms with Crippen LogP contribution in [-0.4, -0.2) is 36.0 Å². The second-order valence-corrected chi connectivity index (χ2v) is 11.1. The number of hydrogen-bond acceptors (Lipinski definition) is 3. The SMILES string of the molecule is CC(C)(C)CC(C)(C)NC[C@@H](O)CO[C@@H]1C[C@@H]2CC[C@@]1(C)C2(C)C. The highest BCUT2D eigenvalue weighted by atomic mass is 16.5. The minimum absolute atomic E-state index is 0.0274. The van der Waals surface area contributed by atoms with Crippen molar-refractivity contribution in [2.45, 2.75) is 98.8 Å². The minimum atomic E-state index is -0.435. The average Bonchev–Trinajstić information content (AvgIpc) is 2.73. The van der Waals surface area contributed by atoms with Crippen molar-refractivity contribution in [3.63, 3.8) is 0 Å². The zero-order valence-electron chi connectivity index (χ0n) is 17.3. The molecule has 2 saturated carbocycles. The highest BCUT2D eigenvalue weighted by molar-refractivity contribution is 5.11. The lowest BCUT2D eigenvalue weighted by Gasteiger charge is -2.39. The van der Waals surface area contributed by atoms with Crippen molar-refractivity contribution in [1.82, 2.24) is 5.32 Å². The summed E-state index contributed by atoms with van der Waals surface area (Å²) in [5.74, 6) is 0.786. The van der Waals surface area contributed by atoms with Crippen molar-refractivity contribution in [3.8, 4) is 0 Å². The topological polar surface area (TPSA) is 41.5 Å². The first-order valence-electron chi connectivity index (χ1n) is 9.82. The molecule has 0 aliphatic heterocycles. The molecule has 2 bridgehead atoms. The van der Waals surface area contributed by atoms with Crippen LogP contribution in [-0.2, 0) is 4.74 Å². The first-order valence-corrected chi connectivity index (χ1v) is 9.82. The zero-order chi connectivity index (χ0) is 18.4. The molecule has 0 aromatic heterocycles. The Morgan fingerprint density at radius 1 is 1.17 bits per heavy atom. The maximum atomic E-state index is 10.4. The summed E-state index contributed by atoms with van der Waals surface area (Å²) >= 11 is 0. The van der Waals surface area contributed by atoms with Gasteiger partial charge in [0.25, 0.3) is 0 Å². The lowest BCUT2D eigenvalue weighted by atomic mass is 9.70. The van der Waals surface area contributed by atoms with Crippen LogP contribution in [0.2, 0.25) is 0 Å². The van der Waals surface area contributed by atoms with Crippen molar-refractivity contribution < 1.29 is 9.84 Å². The van der Waals surface area contributed by atoms with E-state index in [2.05, 4.69) is 60.7 Å². The molecule has 0 aromatic carbocycles. The van der Waals surface area contributed by atoms with Crippen molar-refractivity contribution in [2.24, 2.45) is 22.2 Å². The fraction of sp³-hybridized carbons (Fsp3) is 1.00. The number of hydrogen-bond donors (Lipinski definition) is 2. The normalized spacial score (nSPS) is 33.9. The summed E-state index contributed by atoms with van der Waals surface area (Å²) in [4.78, 5) is 0. The molecular formula is C21H41NO2. The van der Waals surface area contributed by atoms with E-state index in [9.17, 15) is 5.11 Å². The number of rotatable bonds is 7. The van der Waals surface area contributed by atoms with E-state index in [1.807, 2.05) is 0 Å². The molecule has 0 radical (unpaired) electrons.